The number of hydrogen-bond acceptors (Lipinski definition) is 3. The van der Waals surface area contributed by atoms with Gasteiger partial charge in [-0.05, 0) is 60.9 Å². The van der Waals surface area contributed by atoms with Crippen LogP contribution < -0.4 is 10.2 Å². The van der Waals surface area contributed by atoms with E-state index in [1.807, 2.05) is 43.0 Å². The van der Waals surface area contributed by atoms with Gasteiger partial charge < -0.3 is 15.0 Å². The smallest absolute Gasteiger partial charge is 0.227 e. The lowest BCUT2D eigenvalue weighted by atomic mass is 9.84. The van der Waals surface area contributed by atoms with Crippen molar-refractivity contribution in [2.45, 2.75) is 73.5 Å². The molecule has 0 unspecified atom stereocenters. The van der Waals surface area contributed by atoms with Crippen molar-refractivity contribution in [2.75, 3.05) is 18.1 Å². The zero-order valence-corrected chi connectivity index (χ0v) is 23.0. The molecule has 0 bridgehead atoms. The third-order valence-electron chi connectivity index (χ3n) is 6.60. The number of rotatable bonds is 9. The molecule has 1 N–H and O–H groups in total. The quantitative estimate of drug-likeness (QED) is 0.438. The first-order valence-corrected chi connectivity index (χ1v) is 13.1. The average molecular weight is 491 g/mol. The molecule has 194 valence electrons. The van der Waals surface area contributed by atoms with Gasteiger partial charge in [0.2, 0.25) is 11.8 Å². The van der Waals surface area contributed by atoms with Gasteiger partial charge in [0.05, 0.1) is 17.8 Å². The second-order valence-electron chi connectivity index (χ2n) is 11.1. The van der Waals surface area contributed by atoms with Crippen LogP contribution in [-0.2, 0) is 20.9 Å². The highest BCUT2D eigenvalue weighted by Crippen LogP contribution is 2.41. The number of hydrogen-bond donors (Lipinski definition) is 1. The Labute approximate surface area is 216 Å². The van der Waals surface area contributed by atoms with Crippen molar-refractivity contribution in [3.8, 4) is 0 Å². The fourth-order valence-electron chi connectivity index (χ4n) is 4.73. The van der Waals surface area contributed by atoms with Crippen LogP contribution in [0.25, 0.3) is 11.1 Å². The summed E-state index contributed by atoms with van der Waals surface area (Å²) in [6.07, 6.45) is 0.292. The number of nitrogens with zero attached hydrogens (tertiary/aromatic N) is 1. The van der Waals surface area contributed by atoms with Crippen LogP contribution in [0.15, 0.2) is 48.5 Å². The number of carbonyl (C=O) groups is 2. The number of nitrogens with one attached hydrogen (secondary N) is 1. The minimum Gasteiger partial charge on any atom is -0.373 e. The maximum Gasteiger partial charge on any atom is 0.227 e. The molecule has 0 aliphatic carbocycles. The van der Waals surface area contributed by atoms with Gasteiger partial charge in [0.1, 0.15) is 0 Å². The first kappa shape index (κ1) is 27.7. The summed E-state index contributed by atoms with van der Waals surface area (Å²) in [5.41, 5.74) is 6.33. The summed E-state index contributed by atoms with van der Waals surface area (Å²) in [5.74, 6) is 0.536. The minimum absolute atomic E-state index is 0.0506. The van der Waals surface area contributed by atoms with Crippen LogP contribution in [0.1, 0.15) is 78.0 Å². The van der Waals surface area contributed by atoms with E-state index >= 15 is 0 Å². The minimum atomic E-state index is -0.451. The fourth-order valence-corrected chi connectivity index (χ4v) is 4.73. The van der Waals surface area contributed by atoms with Gasteiger partial charge in [0.25, 0.3) is 0 Å². The van der Waals surface area contributed by atoms with Gasteiger partial charge in [-0.25, -0.2) is 0 Å². The Hall–Kier alpha value is -2.92. The van der Waals surface area contributed by atoms with E-state index in [-0.39, 0.29) is 24.7 Å². The van der Waals surface area contributed by atoms with Gasteiger partial charge in [-0.3, -0.25) is 9.59 Å². The first-order chi connectivity index (χ1) is 17.0. The molecule has 3 rings (SSSR count). The third-order valence-corrected chi connectivity index (χ3v) is 6.60. The van der Waals surface area contributed by atoms with Crippen LogP contribution >= 0.6 is 0 Å². The topological polar surface area (TPSA) is 58.6 Å². The second kappa shape index (κ2) is 11.9. The molecule has 1 aliphatic heterocycles. The molecule has 2 aromatic carbocycles. The van der Waals surface area contributed by atoms with Gasteiger partial charge in [0, 0.05) is 31.6 Å². The lowest BCUT2D eigenvalue weighted by Gasteiger charge is -2.32. The van der Waals surface area contributed by atoms with Crippen LogP contribution in [0.3, 0.4) is 0 Å². The predicted octanol–water partition coefficient (Wildman–Crippen LogP) is 6.47. The van der Waals surface area contributed by atoms with E-state index in [4.69, 9.17) is 4.74 Å². The SMILES string of the molecule is C/C1=C(\C(C)C)c2ccccc2N(C(=O)CCC(=O)NCC(C)(C)OCC(C)C)Cc2ccccc21. The van der Waals surface area contributed by atoms with Crippen molar-refractivity contribution in [1.29, 1.82) is 0 Å². The summed E-state index contributed by atoms with van der Waals surface area (Å²) in [4.78, 5) is 28.1. The molecule has 0 atom stereocenters. The Morgan fingerprint density at radius 1 is 0.972 bits per heavy atom. The molecule has 0 saturated carbocycles. The molecule has 5 heteroatoms. The molecule has 2 aromatic rings. The van der Waals surface area contributed by atoms with E-state index in [1.54, 1.807) is 0 Å². The molecular weight excluding hydrogens is 448 g/mol. The lowest BCUT2D eigenvalue weighted by molar-refractivity contribution is -0.126. The van der Waals surface area contributed by atoms with E-state index in [0.29, 0.717) is 31.5 Å². The number of amides is 2. The van der Waals surface area contributed by atoms with Gasteiger partial charge >= 0.3 is 0 Å². The number of fused-ring (bicyclic) bond motifs is 2. The van der Waals surface area contributed by atoms with E-state index < -0.39 is 5.60 Å². The van der Waals surface area contributed by atoms with Crippen molar-refractivity contribution in [3.63, 3.8) is 0 Å². The van der Waals surface area contributed by atoms with Gasteiger partial charge in [-0.15, -0.1) is 0 Å². The van der Waals surface area contributed by atoms with Gasteiger partial charge in [-0.1, -0.05) is 70.2 Å². The van der Waals surface area contributed by atoms with Crippen LogP contribution in [0, 0.1) is 11.8 Å². The van der Waals surface area contributed by atoms with E-state index in [9.17, 15) is 9.59 Å². The summed E-state index contributed by atoms with van der Waals surface area (Å²) < 4.78 is 5.90. The lowest BCUT2D eigenvalue weighted by Crippen LogP contribution is -2.41. The molecule has 0 fully saturated rings. The number of anilines is 1. The molecule has 0 aromatic heterocycles. The summed E-state index contributed by atoms with van der Waals surface area (Å²) in [7, 11) is 0. The monoisotopic (exact) mass is 490 g/mol. The molecule has 0 radical (unpaired) electrons. The molecule has 5 nitrogen and oxygen atoms in total. The van der Waals surface area contributed by atoms with Crippen molar-refractivity contribution in [3.05, 3.63) is 65.2 Å². The van der Waals surface area contributed by atoms with Crippen LogP contribution in [0.5, 0.6) is 0 Å². The Kier molecular flexibility index (Phi) is 9.13. The largest absolute Gasteiger partial charge is 0.373 e. The molecule has 0 saturated heterocycles. The van der Waals surface area contributed by atoms with Crippen LogP contribution in [-0.4, -0.2) is 30.6 Å². The Bertz CT molecular complexity index is 1110. The summed E-state index contributed by atoms with van der Waals surface area (Å²) in [6, 6.07) is 16.4. The van der Waals surface area contributed by atoms with E-state index in [2.05, 4.69) is 64.2 Å². The average Bonchev–Trinajstić information content (AvgIpc) is 2.83. The highest BCUT2D eigenvalue weighted by Gasteiger charge is 2.27. The number of para-hydroxylation sites is 1. The Morgan fingerprint density at radius 3 is 2.28 bits per heavy atom. The molecule has 1 heterocycles. The van der Waals surface area contributed by atoms with E-state index in [1.165, 1.54) is 16.7 Å². The zero-order chi connectivity index (χ0) is 26.5. The van der Waals surface area contributed by atoms with Gasteiger partial charge in [-0.2, -0.15) is 0 Å². The van der Waals surface area contributed by atoms with E-state index in [0.717, 1.165) is 16.8 Å². The normalized spacial score (nSPS) is 15.9. The van der Waals surface area contributed by atoms with Crippen molar-refractivity contribution in [1.82, 2.24) is 5.32 Å². The van der Waals surface area contributed by atoms with Crippen molar-refractivity contribution in [2.24, 2.45) is 11.8 Å². The second-order valence-corrected chi connectivity index (χ2v) is 11.1. The Morgan fingerprint density at radius 2 is 1.61 bits per heavy atom. The molecular formula is C31H42N2O3. The number of allylic oxidation sites excluding steroid dienone is 2. The number of ether oxygens (including phenoxy) is 1. The van der Waals surface area contributed by atoms with Crippen LogP contribution in [0.2, 0.25) is 0 Å². The first-order valence-electron chi connectivity index (χ1n) is 13.1. The zero-order valence-electron chi connectivity index (χ0n) is 23.0. The summed E-state index contributed by atoms with van der Waals surface area (Å²) >= 11 is 0. The predicted molar refractivity (Wildman–Crippen MR) is 149 cm³/mol. The molecule has 36 heavy (non-hydrogen) atoms. The summed E-state index contributed by atoms with van der Waals surface area (Å²) in [6.45, 7) is 16.2. The van der Waals surface area contributed by atoms with Crippen molar-refractivity contribution >= 4 is 28.6 Å². The molecule has 2 amide bonds. The highest BCUT2D eigenvalue weighted by atomic mass is 16.5. The Balaban J connectivity index is 1.80. The van der Waals surface area contributed by atoms with Crippen LogP contribution in [0.4, 0.5) is 5.69 Å². The summed E-state index contributed by atoms with van der Waals surface area (Å²) in [5, 5.41) is 2.95. The standard InChI is InChI=1S/C31H42N2O3/c1-21(2)19-36-31(6,7)20-32-28(34)16-17-29(35)33-18-24-12-8-9-13-25(24)23(5)30(22(3)4)26-14-10-11-15-27(26)33/h8-15,21-22H,16-20H2,1-7H3,(H,32,34)/b30-23-. The molecule has 1 aliphatic rings. The molecule has 0 spiro atoms. The number of carbonyl (C=O) groups excluding carboxylic acids is 2. The van der Waals surface area contributed by atoms with Crippen molar-refractivity contribution < 1.29 is 14.3 Å². The maximum atomic E-state index is 13.6. The fraction of sp³-hybridized carbons (Fsp3) is 0.484. The number of benzene rings is 2. The van der Waals surface area contributed by atoms with Gasteiger partial charge in [0.15, 0.2) is 0 Å². The highest BCUT2D eigenvalue weighted by molar-refractivity contribution is 6.02. The third kappa shape index (κ3) is 6.85. The maximum absolute atomic E-state index is 13.6.